The van der Waals surface area contributed by atoms with Gasteiger partial charge in [0.15, 0.2) is 5.03 Å². The highest BCUT2D eigenvalue weighted by Gasteiger charge is 2.22. The normalized spacial score (nSPS) is 14.3. The Kier molecular flexibility index (Phi) is 7.39. The SMILES string of the molecule is CN/C=C(\C=N)c1cnc(C=N)c(NS(=O)(=O)c2cnc3ccc(-c4ccc(N5CCOCC5)cc4)cn23)c1. The quantitative estimate of drug-likeness (QED) is 0.236. The molecule has 0 bridgehead atoms. The second kappa shape index (κ2) is 11.1. The summed E-state index contributed by atoms with van der Waals surface area (Å²) in [6.07, 6.45) is 8.24. The van der Waals surface area contributed by atoms with E-state index in [-0.39, 0.29) is 16.4 Å². The zero-order valence-corrected chi connectivity index (χ0v) is 22.1. The van der Waals surface area contributed by atoms with Crippen molar-refractivity contribution in [1.82, 2.24) is 19.7 Å². The fraction of sp³-hybridized carbons (Fsp3) is 0.185. The van der Waals surface area contributed by atoms with Crippen molar-refractivity contribution in [2.75, 3.05) is 43.0 Å². The Morgan fingerprint density at radius 1 is 1.03 bits per heavy atom. The minimum Gasteiger partial charge on any atom is -0.393 e. The number of aromatic nitrogens is 3. The Balaban J connectivity index is 1.47. The highest BCUT2D eigenvalue weighted by Crippen LogP contribution is 2.27. The Bertz CT molecular complexity index is 1660. The van der Waals surface area contributed by atoms with Crippen LogP contribution in [0.3, 0.4) is 0 Å². The van der Waals surface area contributed by atoms with E-state index < -0.39 is 10.0 Å². The fourth-order valence-corrected chi connectivity index (χ4v) is 5.56. The number of pyridine rings is 2. The molecule has 0 aliphatic carbocycles. The first-order valence-corrected chi connectivity index (χ1v) is 13.7. The van der Waals surface area contributed by atoms with E-state index >= 15 is 0 Å². The second-order valence-corrected chi connectivity index (χ2v) is 10.5. The van der Waals surface area contributed by atoms with E-state index in [2.05, 4.69) is 37.0 Å². The van der Waals surface area contributed by atoms with Gasteiger partial charge < -0.3 is 25.8 Å². The summed E-state index contributed by atoms with van der Waals surface area (Å²) in [4.78, 5) is 10.7. The van der Waals surface area contributed by atoms with Crippen LogP contribution in [0.1, 0.15) is 11.3 Å². The molecule has 3 aromatic heterocycles. The van der Waals surface area contributed by atoms with Crippen LogP contribution >= 0.6 is 0 Å². The van der Waals surface area contributed by atoms with Crippen molar-refractivity contribution in [1.29, 1.82) is 10.8 Å². The summed E-state index contributed by atoms with van der Waals surface area (Å²) in [5, 5.41) is 18.1. The number of ether oxygens (including phenoxy) is 1. The van der Waals surface area contributed by atoms with Crippen LogP contribution in [0.4, 0.5) is 11.4 Å². The molecule has 4 heterocycles. The lowest BCUT2D eigenvalue weighted by Gasteiger charge is -2.28. The highest BCUT2D eigenvalue weighted by molar-refractivity contribution is 7.92. The number of hydrogen-bond donors (Lipinski definition) is 4. The number of imidazole rings is 1. The Morgan fingerprint density at radius 3 is 2.46 bits per heavy atom. The molecule has 0 unspecified atom stereocenters. The predicted octanol–water partition coefficient (Wildman–Crippen LogP) is 3.24. The van der Waals surface area contributed by atoms with Crippen molar-refractivity contribution in [2.45, 2.75) is 5.03 Å². The van der Waals surface area contributed by atoms with Gasteiger partial charge in [-0.1, -0.05) is 12.1 Å². The molecule has 1 aromatic carbocycles. The highest BCUT2D eigenvalue weighted by atomic mass is 32.2. The fourth-order valence-electron chi connectivity index (χ4n) is 4.40. The Morgan fingerprint density at radius 2 is 1.77 bits per heavy atom. The van der Waals surface area contributed by atoms with E-state index in [9.17, 15) is 8.42 Å². The maximum absolute atomic E-state index is 13.5. The number of sulfonamides is 1. The number of benzene rings is 1. The third-order valence-electron chi connectivity index (χ3n) is 6.41. The van der Waals surface area contributed by atoms with Gasteiger partial charge in [-0.25, -0.2) is 4.98 Å². The molecular weight excluding hydrogens is 516 g/mol. The van der Waals surface area contributed by atoms with Gasteiger partial charge in [0.05, 0.1) is 25.1 Å². The van der Waals surface area contributed by atoms with E-state index in [0.717, 1.165) is 42.3 Å². The average molecular weight is 545 g/mol. The van der Waals surface area contributed by atoms with E-state index in [1.54, 1.807) is 31.6 Å². The van der Waals surface area contributed by atoms with Crippen molar-refractivity contribution in [3.63, 3.8) is 0 Å². The molecule has 0 radical (unpaired) electrons. The number of fused-ring (bicyclic) bond motifs is 1. The molecule has 0 atom stereocenters. The third kappa shape index (κ3) is 5.38. The van der Waals surface area contributed by atoms with Crippen molar-refractivity contribution in [2.24, 2.45) is 0 Å². The lowest BCUT2D eigenvalue weighted by molar-refractivity contribution is 0.122. The number of morpholine rings is 1. The van der Waals surface area contributed by atoms with Gasteiger partial charge in [0, 0.05) is 68.0 Å². The predicted molar refractivity (Wildman–Crippen MR) is 152 cm³/mol. The molecule has 0 amide bonds. The lowest BCUT2D eigenvalue weighted by Crippen LogP contribution is -2.36. The number of rotatable bonds is 9. The van der Waals surface area contributed by atoms with Crippen molar-refractivity contribution >= 4 is 45.0 Å². The molecule has 5 rings (SSSR count). The molecule has 1 aliphatic rings. The Hall–Kier alpha value is -4.55. The molecule has 0 saturated carbocycles. The summed E-state index contributed by atoms with van der Waals surface area (Å²) < 4.78 is 36.6. The number of hydrogen-bond acceptors (Lipinski definition) is 9. The maximum atomic E-state index is 13.5. The van der Waals surface area contributed by atoms with E-state index in [1.165, 1.54) is 16.8 Å². The average Bonchev–Trinajstić information content (AvgIpc) is 3.41. The monoisotopic (exact) mass is 544 g/mol. The number of nitrogens with zero attached hydrogens (tertiary/aromatic N) is 4. The molecule has 4 aromatic rings. The summed E-state index contributed by atoms with van der Waals surface area (Å²) in [5.74, 6) is 0. The van der Waals surface area contributed by atoms with Gasteiger partial charge in [-0.2, -0.15) is 8.42 Å². The molecule has 1 saturated heterocycles. The molecule has 0 spiro atoms. The smallest absolute Gasteiger partial charge is 0.279 e. The van der Waals surface area contributed by atoms with Gasteiger partial charge in [0.25, 0.3) is 10.0 Å². The molecule has 4 N–H and O–H groups in total. The topological polar surface area (TPSA) is 149 Å². The summed E-state index contributed by atoms with van der Waals surface area (Å²) in [6, 6.07) is 13.4. The molecule has 200 valence electrons. The van der Waals surface area contributed by atoms with E-state index in [4.69, 9.17) is 15.6 Å². The van der Waals surface area contributed by atoms with Crippen LogP contribution in [-0.2, 0) is 14.8 Å². The zero-order valence-electron chi connectivity index (χ0n) is 21.3. The van der Waals surface area contributed by atoms with Crippen LogP contribution in [0, 0.1) is 10.8 Å². The zero-order chi connectivity index (χ0) is 27.4. The molecule has 39 heavy (non-hydrogen) atoms. The first kappa shape index (κ1) is 26.1. The molecule has 1 aliphatic heterocycles. The van der Waals surface area contributed by atoms with Crippen LogP contribution in [-0.4, -0.2) is 68.6 Å². The summed E-state index contributed by atoms with van der Waals surface area (Å²) >= 11 is 0. The minimum absolute atomic E-state index is 0.0522. The standard InChI is InChI=1S/C27H28N8O3S/c1-30-15-22(13-28)21-12-24(25(14-29)31-16-21)33-39(36,37)27-17-32-26-7-4-20(18-35(26)27)19-2-5-23(6-3-19)34-8-10-38-11-9-34/h2-7,12-18,28-30,33H,8-11H2,1H3/b22-15+,28-13?,29-14?. The summed E-state index contributed by atoms with van der Waals surface area (Å²) in [6.45, 7) is 3.12. The number of nitrogens with one attached hydrogen (secondary N) is 4. The molecule has 11 nitrogen and oxygen atoms in total. The maximum Gasteiger partial charge on any atom is 0.279 e. The van der Waals surface area contributed by atoms with Crippen molar-refractivity contribution in [3.05, 3.63) is 78.5 Å². The summed E-state index contributed by atoms with van der Waals surface area (Å²) in [5.41, 5.74) is 4.66. The Labute approximate surface area is 226 Å². The molecule has 12 heteroatoms. The lowest BCUT2D eigenvalue weighted by atomic mass is 10.1. The van der Waals surface area contributed by atoms with Gasteiger partial charge in [-0.3, -0.25) is 14.1 Å². The second-order valence-electron chi connectivity index (χ2n) is 8.83. The van der Waals surface area contributed by atoms with E-state index in [1.807, 2.05) is 18.2 Å². The van der Waals surface area contributed by atoms with Crippen LogP contribution in [0.15, 0.2) is 72.3 Å². The van der Waals surface area contributed by atoms with Crippen LogP contribution in [0.25, 0.3) is 22.3 Å². The van der Waals surface area contributed by atoms with Gasteiger partial charge in [-0.05, 0) is 41.5 Å². The number of allylic oxidation sites excluding steroid dienone is 1. The summed E-state index contributed by atoms with van der Waals surface area (Å²) in [7, 11) is -2.42. The van der Waals surface area contributed by atoms with Gasteiger partial charge in [0.2, 0.25) is 0 Å². The number of anilines is 2. The van der Waals surface area contributed by atoms with Crippen LogP contribution in [0.2, 0.25) is 0 Å². The third-order valence-corrected chi connectivity index (χ3v) is 7.75. The van der Waals surface area contributed by atoms with Crippen LogP contribution in [0.5, 0.6) is 0 Å². The van der Waals surface area contributed by atoms with Gasteiger partial charge in [0.1, 0.15) is 11.3 Å². The van der Waals surface area contributed by atoms with E-state index in [0.29, 0.717) is 30.0 Å². The van der Waals surface area contributed by atoms with Crippen molar-refractivity contribution in [3.8, 4) is 11.1 Å². The first-order valence-electron chi connectivity index (χ1n) is 12.3. The van der Waals surface area contributed by atoms with Gasteiger partial charge in [-0.15, -0.1) is 0 Å². The van der Waals surface area contributed by atoms with Crippen LogP contribution < -0.4 is 14.9 Å². The first-order chi connectivity index (χ1) is 18.9. The molecular formula is C27H28N8O3S. The molecule has 1 fully saturated rings. The van der Waals surface area contributed by atoms with Gasteiger partial charge >= 0.3 is 0 Å². The van der Waals surface area contributed by atoms with Crippen molar-refractivity contribution < 1.29 is 13.2 Å². The minimum atomic E-state index is -4.11. The largest absolute Gasteiger partial charge is 0.393 e.